The van der Waals surface area contributed by atoms with E-state index in [2.05, 4.69) is 5.32 Å². The molecule has 0 bridgehead atoms. The van der Waals surface area contributed by atoms with E-state index in [4.69, 9.17) is 10.5 Å². The van der Waals surface area contributed by atoms with E-state index in [0.29, 0.717) is 5.75 Å². The van der Waals surface area contributed by atoms with Crippen LogP contribution in [0.4, 0.5) is 0 Å². The van der Waals surface area contributed by atoms with E-state index in [9.17, 15) is 4.79 Å². The molecule has 0 saturated carbocycles. The largest absolute Gasteiger partial charge is 0.483 e. The third-order valence-corrected chi connectivity index (χ3v) is 2.22. The number of amides is 1. The lowest BCUT2D eigenvalue weighted by Crippen LogP contribution is -2.34. The van der Waals surface area contributed by atoms with E-state index in [0.717, 1.165) is 5.56 Å². The fourth-order valence-corrected chi connectivity index (χ4v) is 1.50. The minimum absolute atomic E-state index is 0.0158. The Kier molecular flexibility index (Phi) is 4.97. The smallest absolute Gasteiger partial charge is 0.258 e. The highest BCUT2D eigenvalue weighted by Gasteiger charge is 2.09. The van der Waals surface area contributed by atoms with Crippen LogP contribution in [0.3, 0.4) is 0 Å². The normalized spacial score (nSPS) is 12.3. The molecule has 94 valence electrons. The zero-order valence-electron chi connectivity index (χ0n) is 10.6. The van der Waals surface area contributed by atoms with Crippen LogP contribution in [0.2, 0.25) is 0 Å². The Morgan fingerprint density at radius 3 is 2.59 bits per heavy atom. The number of para-hydroxylation sites is 1. The first kappa shape index (κ1) is 13.5. The van der Waals surface area contributed by atoms with Gasteiger partial charge in [0.1, 0.15) is 5.75 Å². The van der Waals surface area contributed by atoms with Crippen molar-refractivity contribution in [3.05, 3.63) is 29.8 Å². The molecule has 1 aromatic carbocycles. The van der Waals surface area contributed by atoms with E-state index in [-0.39, 0.29) is 24.6 Å². The van der Waals surface area contributed by atoms with Gasteiger partial charge < -0.3 is 15.8 Å². The molecule has 1 aromatic rings. The molecule has 0 aliphatic heterocycles. The van der Waals surface area contributed by atoms with Gasteiger partial charge in [0.15, 0.2) is 6.61 Å². The minimum Gasteiger partial charge on any atom is -0.483 e. The second-order valence-corrected chi connectivity index (χ2v) is 4.34. The van der Waals surface area contributed by atoms with Crippen molar-refractivity contribution in [3.63, 3.8) is 0 Å². The van der Waals surface area contributed by atoms with Crippen LogP contribution >= 0.6 is 0 Å². The fraction of sp³-hybridized carbons (Fsp3) is 0.462. The zero-order chi connectivity index (χ0) is 12.8. The van der Waals surface area contributed by atoms with Crippen LogP contribution in [0.5, 0.6) is 5.75 Å². The van der Waals surface area contributed by atoms with Crippen molar-refractivity contribution >= 4 is 5.91 Å². The fourth-order valence-electron chi connectivity index (χ4n) is 1.50. The summed E-state index contributed by atoms with van der Waals surface area (Å²) in [6.07, 6.45) is 0. The third-order valence-electron chi connectivity index (χ3n) is 2.22. The third kappa shape index (κ3) is 4.44. The Labute approximate surface area is 102 Å². The highest BCUT2D eigenvalue weighted by molar-refractivity contribution is 5.77. The molecule has 1 rings (SSSR count). The van der Waals surface area contributed by atoms with Gasteiger partial charge in [-0.05, 0) is 26.8 Å². The summed E-state index contributed by atoms with van der Waals surface area (Å²) in [6.45, 7) is 5.72. The van der Waals surface area contributed by atoms with Crippen molar-refractivity contribution < 1.29 is 9.53 Å². The molecule has 0 fully saturated rings. The topological polar surface area (TPSA) is 64.3 Å². The van der Waals surface area contributed by atoms with Crippen LogP contribution in [0, 0.1) is 0 Å². The molecule has 0 aliphatic rings. The van der Waals surface area contributed by atoms with Gasteiger partial charge in [-0.2, -0.15) is 0 Å². The van der Waals surface area contributed by atoms with Crippen LogP contribution < -0.4 is 15.8 Å². The van der Waals surface area contributed by atoms with Crippen molar-refractivity contribution in [1.29, 1.82) is 0 Å². The van der Waals surface area contributed by atoms with Gasteiger partial charge in [0.25, 0.3) is 5.91 Å². The van der Waals surface area contributed by atoms with Crippen molar-refractivity contribution in [1.82, 2.24) is 5.32 Å². The van der Waals surface area contributed by atoms with Gasteiger partial charge in [-0.15, -0.1) is 0 Å². The Bertz CT molecular complexity index is 375. The average molecular weight is 236 g/mol. The van der Waals surface area contributed by atoms with Gasteiger partial charge in [0, 0.05) is 17.6 Å². The van der Waals surface area contributed by atoms with E-state index in [1.165, 1.54) is 0 Å². The van der Waals surface area contributed by atoms with Crippen molar-refractivity contribution in [2.75, 3.05) is 6.61 Å². The number of hydrogen-bond donors (Lipinski definition) is 2. The number of hydrogen-bond acceptors (Lipinski definition) is 3. The molecule has 17 heavy (non-hydrogen) atoms. The molecule has 0 saturated heterocycles. The molecule has 1 atom stereocenters. The molecule has 1 amide bonds. The molecule has 0 aromatic heterocycles. The van der Waals surface area contributed by atoms with Crippen molar-refractivity contribution in [3.8, 4) is 5.75 Å². The minimum atomic E-state index is -0.125. The highest BCUT2D eigenvalue weighted by Crippen LogP contribution is 2.22. The van der Waals surface area contributed by atoms with Crippen LogP contribution in [0.25, 0.3) is 0 Å². The first-order chi connectivity index (χ1) is 8.00. The number of rotatable bonds is 5. The van der Waals surface area contributed by atoms with Crippen molar-refractivity contribution in [2.24, 2.45) is 5.73 Å². The number of carbonyl (C=O) groups is 1. The van der Waals surface area contributed by atoms with Gasteiger partial charge in [0.05, 0.1) is 0 Å². The summed E-state index contributed by atoms with van der Waals surface area (Å²) in [5.41, 5.74) is 6.73. The second-order valence-electron chi connectivity index (χ2n) is 4.34. The van der Waals surface area contributed by atoms with Gasteiger partial charge >= 0.3 is 0 Å². The Hall–Kier alpha value is -1.55. The van der Waals surface area contributed by atoms with Crippen LogP contribution in [0.1, 0.15) is 32.4 Å². The quantitative estimate of drug-likeness (QED) is 0.816. The summed E-state index contributed by atoms with van der Waals surface area (Å²) >= 11 is 0. The summed E-state index contributed by atoms with van der Waals surface area (Å²) < 4.78 is 5.47. The molecular weight excluding hydrogens is 216 g/mol. The molecule has 3 N–H and O–H groups in total. The second kappa shape index (κ2) is 6.25. The molecular formula is C13H20N2O2. The lowest BCUT2D eigenvalue weighted by atomic mass is 10.1. The predicted octanol–water partition coefficient (Wildman–Crippen LogP) is 1.61. The lowest BCUT2D eigenvalue weighted by Gasteiger charge is -2.14. The summed E-state index contributed by atoms with van der Waals surface area (Å²) in [6, 6.07) is 7.50. The number of ether oxygens (including phenoxy) is 1. The standard InChI is InChI=1S/C13H20N2O2/c1-9(2)15-13(16)8-17-12-7-5-4-6-11(12)10(3)14/h4-7,9-10H,8,14H2,1-3H3,(H,15,16)/t10-/m1/s1. The van der Waals surface area contributed by atoms with Gasteiger partial charge in [0.2, 0.25) is 0 Å². The predicted molar refractivity (Wildman–Crippen MR) is 67.8 cm³/mol. The lowest BCUT2D eigenvalue weighted by molar-refractivity contribution is -0.123. The van der Waals surface area contributed by atoms with E-state index < -0.39 is 0 Å². The maximum Gasteiger partial charge on any atom is 0.258 e. The SMILES string of the molecule is CC(C)NC(=O)COc1ccccc1[C@@H](C)N. The number of nitrogens with one attached hydrogen (secondary N) is 1. The first-order valence-corrected chi connectivity index (χ1v) is 5.77. The Morgan fingerprint density at radius 1 is 1.35 bits per heavy atom. The number of benzene rings is 1. The molecule has 0 radical (unpaired) electrons. The van der Waals surface area contributed by atoms with Gasteiger partial charge in [-0.25, -0.2) is 0 Å². The molecule has 0 aliphatic carbocycles. The molecule has 0 unspecified atom stereocenters. The van der Waals surface area contributed by atoms with E-state index in [1.807, 2.05) is 45.0 Å². The summed E-state index contributed by atoms with van der Waals surface area (Å²) in [7, 11) is 0. The van der Waals surface area contributed by atoms with Crippen LogP contribution in [-0.2, 0) is 4.79 Å². The van der Waals surface area contributed by atoms with Gasteiger partial charge in [-0.1, -0.05) is 18.2 Å². The van der Waals surface area contributed by atoms with E-state index >= 15 is 0 Å². The number of nitrogens with two attached hydrogens (primary N) is 1. The van der Waals surface area contributed by atoms with Gasteiger partial charge in [-0.3, -0.25) is 4.79 Å². The Morgan fingerprint density at radius 2 is 2.00 bits per heavy atom. The maximum absolute atomic E-state index is 11.4. The van der Waals surface area contributed by atoms with E-state index in [1.54, 1.807) is 0 Å². The molecule has 0 spiro atoms. The summed E-state index contributed by atoms with van der Waals surface area (Å²) in [4.78, 5) is 11.4. The molecule has 4 nitrogen and oxygen atoms in total. The molecule has 4 heteroatoms. The highest BCUT2D eigenvalue weighted by atomic mass is 16.5. The van der Waals surface area contributed by atoms with Crippen LogP contribution in [0.15, 0.2) is 24.3 Å². The first-order valence-electron chi connectivity index (χ1n) is 5.77. The van der Waals surface area contributed by atoms with Crippen molar-refractivity contribution in [2.45, 2.75) is 32.9 Å². The maximum atomic E-state index is 11.4. The molecule has 0 heterocycles. The Balaban J connectivity index is 2.60. The summed E-state index contributed by atoms with van der Waals surface area (Å²) in [5, 5.41) is 2.77. The average Bonchev–Trinajstić information content (AvgIpc) is 2.25. The summed E-state index contributed by atoms with van der Waals surface area (Å²) in [5.74, 6) is 0.542. The zero-order valence-corrected chi connectivity index (χ0v) is 10.6. The van der Waals surface area contributed by atoms with Crippen LogP contribution in [-0.4, -0.2) is 18.6 Å². The monoisotopic (exact) mass is 236 g/mol. The number of carbonyl (C=O) groups excluding carboxylic acids is 1.